The molecule has 0 saturated heterocycles. The lowest BCUT2D eigenvalue weighted by Crippen LogP contribution is -2.27. The van der Waals surface area contributed by atoms with Gasteiger partial charge in [-0.2, -0.15) is 0 Å². The van der Waals surface area contributed by atoms with Crippen molar-refractivity contribution in [3.05, 3.63) is 68.1 Å². The predicted octanol–water partition coefficient (Wildman–Crippen LogP) is 4.76. The maximum atomic E-state index is 13.7. The summed E-state index contributed by atoms with van der Waals surface area (Å²) in [4.78, 5) is 13.7. The van der Waals surface area contributed by atoms with Crippen molar-refractivity contribution < 1.29 is 13.6 Å². The third-order valence-corrected chi connectivity index (χ3v) is 4.11. The Hall–Kier alpha value is -1.27. The Morgan fingerprint density at radius 1 is 1.14 bits per heavy atom. The molecule has 2 nitrogen and oxygen atoms in total. The third-order valence-electron chi connectivity index (χ3n) is 2.92. The normalized spacial score (nSPS) is 10.5. The highest BCUT2D eigenvalue weighted by atomic mass is 79.9. The standard InChI is InChI=1S/C15H11Br2F2NO/c1-20(8-9-6-10(16)2-5-14(9)19)15(21)12-7-11(18)3-4-13(12)17/h2-7H,8H2,1H3. The zero-order valence-electron chi connectivity index (χ0n) is 11.0. The number of carbonyl (C=O) groups is 1. The molecule has 0 aromatic heterocycles. The third kappa shape index (κ3) is 3.89. The lowest BCUT2D eigenvalue weighted by atomic mass is 10.1. The van der Waals surface area contributed by atoms with Crippen LogP contribution in [-0.4, -0.2) is 17.9 Å². The van der Waals surface area contributed by atoms with E-state index in [-0.39, 0.29) is 18.0 Å². The van der Waals surface area contributed by atoms with Gasteiger partial charge in [-0.3, -0.25) is 4.79 Å². The van der Waals surface area contributed by atoms with E-state index in [0.717, 1.165) is 10.5 Å². The molecule has 0 fully saturated rings. The van der Waals surface area contributed by atoms with Crippen LogP contribution in [0, 0.1) is 11.6 Å². The Balaban J connectivity index is 2.23. The Morgan fingerprint density at radius 2 is 1.86 bits per heavy atom. The molecule has 0 radical (unpaired) electrons. The number of benzene rings is 2. The first-order valence-electron chi connectivity index (χ1n) is 6.03. The van der Waals surface area contributed by atoms with E-state index >= 15 is 0 Å². The smallest absolute Gasteiger partial charge is 0.255 e. The molecule has 0 aliphatic heterocycles. The number of hydrogen-bond acceptors (Lipinski definition) is 1. The summed E-state index contributed by atoms with van der Waals surface area (Å²) >= 11 is 6.48. The zero-order chi connectivity index (χ0) is 15.6. The molecule has 0 unspecified atom stereocenters. The first-order chi connectivity index (χ1) is 9.88. The fourth-order valence-corrected chi connectivity index (χ4v) is 2.68. The van der Waals surface area contributed by atoms with Crippen molar-refractivity contribution in [1.82, 2.24) is 4.90 Å². The SMILES string of the molecule is CN(Cc1cc(Br)ccc1F)C(=O)c1cc(F)ccc1Br. The molecule has 0 N–H and O–H groups in total. The minimum atomic E-state index is -0.497. The summed E-state index contributed by atoms with van der Waals surface area (Å²) in [5, 5.41) is 0. The average Bonchev–Trinajstić information content (AvgIpc) is 2.44. The van der Waals surface area contributed by atoms with Gasteiger partial charge in [0.25, 0.3) is 5.91 Å². The molecule has 2 aromatic rings. The zero-order valence-corrected chi connectivity index (χ0v) is 14.2. The molecule has 0 spiro atoms. The molecule has 0 saturated carbocycles. The average molecular weight is 419 g/mol. The molecule has 1 amide bonds. The number of hydrogen-bond donors (Lipinski definition) is 0. The second kappa shape index (κ2) is 6.66. The highest BCUT2D eigenvalue weighted by Gasteiger charge is 2.17. The van der Waals surface area contributed by atoms with E-state index in [1.165, 1.54) is 23.1 Å². The number of amides is 1. The van der Waals surface area contributed by atoms with Gasteiger partial charge in [0.1, 0.15) is 11.6 Å². The Morgan fingerprint density at radius 3 is 2.57 bits per heavy atom. The number of rotatable bonds is 3. The van der Waals surface area contributed by atoms with Crippen molar-refractivity contribution >= 4 is 37.8 Å². The van der Waals surface area contributed by atoms with Crippen molar-refractivity contribution in [2.75, 3.05) is 7.05 Å². The summed E-state index contributed by atoms with van der Waals surface area (Å²) < 4.78 is 28.2. The summed E-state index contributed by atoms with van der Waals surface area (Å²) in [5.74, 6) is -1.28. The summed E-state index contributed by atoms with van der Waals surface area (Å²) in [5.41, 5.74) is 0.584. The molecule has 0 atom stereocenters. The lowest BCUT2D eigenvalue weighted by Gasteiger charge is -2.18. The largest absolute Gasteiger partial charge is 0.337 e. The van der Waals surface area contributed by atoms with E-state index < -0.39 is 11.6 Å². The summed E-state index contributed by atoms with van der Waals surface area (Å²) in [7, 11) is 1.54. The Kier molecular flexibility index (Phi) is 5.11. The van der Waals surface area contributed by atoms with Gasteiger partial charge in [-0.1, -0.05) is 15.9 Å². The van der Waals surface area contributed by atoms with Gasteiger partial charge in [-0.15, -0.1) is 0 Å². The van der Waals surface area contributed by atoms with E-state index in [4.69, 9.17) is 0 Å². The van der Waals surface area contributed by atoms with E-state index in [2.05, 4.69) is 31.9 Å². The Bertz CT molecular complexity index is 691. The van der Waals surface area contributed by atoms with E-state index in [0.29, 0.717) is 10.0 Å². The molecular weight excluding hydrogens is 408 g/mol. The second-order valence-electron chi connectivity index (χ2n) is 4.52. The van der Waals surface area contributed by atoms with Crippen LogP contribution in [0.3, 0.4) is 0 Å². The monoisotopic (exact) mass is 417 g/mol. The van der Waals surface area contributed by atoms with Crippen LogP contribution in [0.15, 0.2) is 45.3 Å². The van der Waals surface area contributed by atoms with E-state index in [1.807, 2.05) is 0 Å². The lowest BCUT2D eigenvalue weighted by molar-refractivity contribution is 0.0782. The minimum absolute atomic E-state index is 0.0903. The molecule has 0 aliphatic carbocycles. The van der Waals surface area contributed by atoms with Gasteiger partial charge >= 0.3 is 0 Å². The second-order valence-corrected chi connectivity index (χ2v) is 6.29. The maximum Gasteiger partial charge on any atom is 0.255 e. The summed E-state index contributed by atoms with van der Waals surface area (Å²) in [6.45, 7) is 0.0903. The van der Waals surface area contributed by atoms with Crippen molar-refractivity contribution in [2.24, 2.45) is 0 Å². The number of nitrogens with zero attached hydrogens (tertiary/aromatic N) is 1. The van der Waals surface area contributed by atoms with Crippen LogP contribution < -0.4 is 0 Å². The molecule has 2 aromatic carbocycles. The fraction of sp³-hybridized carbons (Fsp3) is 0.133. The molecule has 0 aliphatic rings. The maximum absolute atomic E-state index is 13.7. The van der Waals surface area contributed by atoms with Crippen molar-refractivity contribution in [1.29, 1.82) is 0 Å². The topological polar surface area (TPSA) is 20.3 Å². The highest BCUT2D eigenvalue weighted by molar-refractivity contribution is 9.10. The van der Waals surface area contributed by atoms with Crippen LogP contribution in [0.25, 0.3) is 0 Å². The Labute approximate surface area is 138 Å². The molecule has 0 heterocycles. The molecule has 2 rings (SSSR count). The van der Waals surface area contributed by atoms with Gasteiger partial charge < -0.3 is 4.90 Å². The van der Waals surface area contributed by atoms with Crippen LogP contribution in [0.1, 0.15) is 15.9 Å². The van der Waals surface area contributed by atoms with Crippen LogP contribution >= 0.6 is 31.9 Å². The van der Waals surface area contributed by atoms with E-state index in [9.17, 15) is 13.6 Å². The van der Waals surface area contributed by atoms with Gasteiger partial charge in [0.05, 0.1) is 5.56 Å². The molecule has 110 valence electrons. The first-order valence-corrected chi connectivity index (χ1v) is 7.61. The molecular formula is C15H11Br2F2NO. The fourth-order valence-electron chi connectivity index (χ4n) is 1.86. The van der Waals surface area contributed by atoms with Gasteiger partial charge in [0.2, 0.25) is 0 Å². The minimum Gasteiger partial charge on any atom is -0.337 e. The number of halogens is 4. The van der Waals surface area contributed by atoms with Crippen molar-refractivity contribution in [3.8, 4) is 0 Å². The van der Waals surface area contributed by atoms with E-state index in [1.54, 1.807) is 19.2 Å². The van der Waals surface area contributed by atoms with Crippen LogP contribution in [0.4, 0.5) is 8.78 Å². The van der Waals surface area contributed by atoms with Crippen molar-refractivity contribution in [2.45, 2.75) is 6.54 Å². The van der Waals surface area contributed by atoms with Gasteiger partial charge in [0, 0.05) is 28.1 Å². The molecule has 0 bridgehead atoms. The molecule has 21 heavy (non-hydrogen) atoms. The van der Waals surface area contributed by atoms with Crippen molar-refractivity contribution in [3.63, 3.8) is 0 Å². The predicted molar refractivity (Wildman–Crippen MR) is 84.0 cm³/mol. The highest BCUT2D eigenvalue weighted by Crippen LogP contribution is 2.21. The van der Waals surface area contributed by atoms with Crippen LogP contribution in [0.2, 0.25) is 0 Å². The number of carbonyl (C=O) groups excluding carboxylic acids is 1. The van der Waals surface area contributed by atoms with Crippen LogP contribution in [0.5, 0.6) is 0 Å². The first kappa shape index (κ1) is 16.1. The summed E-state index contributed by atoms with van der Waals surface area (Å²) in [6.07, 6.45) is 0. The van der Waals surface area contributed by atoms with Gasteiger partial charge in [0.15, 0.2) is 0 Å². The summed E-state index contributed by atoms with van der Waals surface area (Å²) in [6, 6.07) is 8.41. The molecule has 6 heteroatoms. The quantitative estimate of drug-likeness (QED) is 0.703. The van der Waals surface area contributed by atoms with Crippen LogP contribution in [-0.2, 0) is 6.54 Å². The van der Waals surface area contributed by atoms with Gasteiger partial charge in [-0.05, 0) is 52.3 Å². The van der Waals surface area contributed by atoms with Gasteiger partial charge in [-0.25, -0.2) is 8.78 Å².